The smallest absolute Gasteiger partial charge is 0.369 e. The third-order valence-corrected chi connectivity index (χ3v) is 7.16. The van der Waals surface area contributed by atoms with Crippen molar-refractivity contribution < 1.29 is 53.8 Å². The molecule has 2 aromatic carbocycles. The van der Waals surface area contributed by atoms with Crippen LogP contribution in [0.15, 0.2) is 36.4 Å². The van der Waals surface area contributed by atoms with Crippen LogP contribution < -0.4 is 10.6 Å². The van der Waals surface area contributed by atoms with Crippen molar-refractivity contribution in [2.75, 3.05) is 17.3 Å². The molecular formula is C22H20F7IN2O5S. The molecule has 210 valence electrons. The number of nitrogens with one attached hydrogen (secondary N) is 2. The first-order chi connectivity index (χ1) is 17.0. The quantitative estimate of drug-likeness (QED) is 0.293. The summed E-state index contributed by atoms with van der Waals surface area (Å²) in [5.74, 6) is -4.20. The maximum absolute atomic E-state index is 14.6. The van der Waals surface area contributed by atoms with Crippen molar-refractivity contribution in [3.63, 3.8) is 0 Å². The zero-order valence-electron chi connectivity index (χ0n) is 19.7. The second-order valence-corrected chi connectivity index (χ2v) is 12.2. The summed E-state index contributed by atoms with van der Waals surface area (Å²) in [7, 11) is -3.52. The summed E-state index contributed by atoms with van der Waals surface area (Å²) in [4.78, 5) is 25.8. The van der Waals surface area contributed by atoms with Crippen molar-refractivity contribution in [2.45, 2.75) is 37.3 Å². The molecule has 0 saturated heterocycles. The zero-order chi connectivity index (χ0) is 29.5. The Morgan fingerprint density at radius 3 is 2.00 bits per heavy atom. The van der Waals surface area contributed by atoms with E-state index in [0.29, 0.717) is 6.07 Å². The van der Waals surface area contributed by atoms with E-state index >= 15 is 0 Å². The summed E-state index contributed by atoms with van der Waals surface area (Å²) in [5, 5.41) is 13.9. The van der Waals surface area contributed by atoms with E-state index < -0.39 is 68.0 Å². The number of anilines is 1. The summed E-state index contributed by atoms with van der Waals surface area (Å²) >= 11 is 1.71. The predicted molar refractivity (Wildman–Crippen MR) is 131 cm³/mol. The van der Waals surface area contributed by atoms with E-state index in [4.69, 9.17) is 0 Å². The lowest BCUT2D eigenvalue weighted by Gasteiger charge is -2.32. The number of aliphatic hydroxyl groups is 1. The van der Waals surface area contributed by atoms with E-state index in [1.807, 2.05) is 5.32 Å². The Morgan fingerprint density at radius 1 is 0.974 bits per heavy atom. The number of amides is 2. The van der Waals surface area contributed by atoms with Gasteiger partial charge in [0, 0.05) is 20.9 Å². The van der Waals surface area contributed by atoms with E-state index in [2.05, 4.69) is 5.32 Å². The molecule has 0 unspecified atom stereocenters. The van der Waals surface area contributed by atoms with E-state index in [1.54, 1.807) is 22.6 Å². The average Bonchev–Trinajstić information content (AvgIpc) is 2.70. The Balaban J connectivity index is 2.43. The lowest BCUT2D eigenvalue weighted by Crippen LogP contribution is -2.54. The van der Waals surface area contributed by atoms with Crippen molar-refractivity contribution in [2.24, 2.45) is 0 Å². The summed E-state index contributed by atoms with van der Waals surface area (Å²) in [5.41, 5.74) is -9.94. The number of carbonyl (C=O) groups is 2. The van der Waals surface area contributed by atoms with Crippen molar-refractivity contribution in [1.29, 1.82) is 0 Å². The normalized spacial score (nSPS) is 13.3. The van der Waals surface area contributed by atoms with Gasteiger partial charge in [-0.05, 0) is 60.7 Å². The maximum Gasteiger partial charge on any atom is 0.430 e. The van der Waals surface area contributed by atoms with Crippen LogP contribution in [0.3, 0.4) is 0 Å². The van der Waals surface area contributed by atoms with E-state index in [9.17, 15) is 53.8 Å². The number of halogens is 8. The first kappa shape index (κ1) is 31.7. The molecule has 0 heterocycles. The van der Waals surface area contributed by atoms with Gasteiger partial charge in [0.2, 0.25) is 0 Å². The highest BCUT2D eigenvalue weighted by molar-refractivity contribution is 14.1. The van der Waals surface area contributed by atoms with Gasteiger partial charge in [-0.2, -0.15) is 26.3 Å². The molecule has 0 fully saturated rings. The van der Waals surface area contributed by atoms with Crippen LogP contribution >= 0.6 is 22.6 Å². The standard InChI is InChI=1S/C22H20F7IN2O5S/c1-19(2,10-38(3,36)37)32-18(34)16-12(5-4-6-14(16)30)17(33)31-15-8-7-11(9-13(15)23)20(35,21(24,25)26)22(27,28)29/h4-9,35H,10H2,1-3H3,(H,31,33)(H,32,34). The number of benzene rings is 2. The number of hydrogen-bond donors (Lipinski definition) is 3. The van der Waals surface area contributed by atoms with Gasteiger partial charge in [-0.25, -0.2) is 12.8 Å². The van der Waals surface area contributed by atoms with Crippen molar-refractivity contribution in [1.82, 2.24) is 5.32 Å². The molecule has 0 spiro atoms. The van der Waals surface area contributed by atoms with Crippen LogP contribution in [-0.2, 0) is 15.4 Å². The van der Waals surface area contributed by atoms with Crippen LogP contribution in [0.4, 0.5) is 36.4 Å². The van der Waals surface area contributed by atoms with E-state index in [1.165, 1.54) is 26.0 Å². The van der Waals surface area contributed by atoms with Crippen LogP contribution in [0.5, 0.6) is 0 Å². The molecule has 7 nitrogen and oxygen atoms in total. The van der Waals surface area contributed by atoms with Crippen LogP contribution in [0.25, 0.3) is 0 Å². The lowest BCUT2D eigenvalue weighted by molar-refractivity contribution is -0.376. The molecule has 0 radical (unpaired) electrons. The van der Waals surface area contributed by atoms with Gasteiger partial charge in [0.25, 0.3) is 17.4 Å². The largest absolute Gasteiger partial charge is 0.430 e. The van der Waals surface area contributed by atoms with Gasteiger partial charge in [-0.1, -0.05) is 12.1 Å². The van der Waals surface area contributed by atoms with Gasteiger partial charge in [-0.3, -0.25) is 9.59 Å². The topological polar surface area (TPSA) is 113 Å². The van der Waals surface area contributed by atoms with Gasteiger partial charge < -0.3 is 15.7 Å². The monoisotopic (exact) mass is 684 g/mol. The van der Waals surface area contributed by atoms with Crippen LogP contribution in [0, 0.1) is 9.39 Å². The number of alkyl halides is 6. The fraction of sp³-hybridized carbons (Fsp3) is 0.364. The van der Waals surface area contributed by atoms with Crippen molar-refractivity contribution >= 4 is 49.9 Å². The summed E-state index contributed by atoms with van der Waals surface area (Å²) < 4.78 is 117. The molecule has 0 bridgehead atoms. The first-order valence-corrected chi connectivity index (χ1v) is 13.4. The Bertz CT molecular complexity index is 1340. The van der Waals surface area contributed by atoms with Crippen LogP contribution in [0.2, 0.25) is 0 Å². The Labute approximate surface area is 225 Å². The molecule has 0 aliphatic carbocycles. The molecule has 2 aromatic rings. The molecule has 0 aliphatic heterocycles. The molecule has 2 amide bonds. The highest BCUT2D eigenvalue weighted by Gasteiger charge is 2.71. The molecular weight excluding hydrogens is 664 g/mol. The number of hydrogen-bond acceptors (Lipinski definition) is 5. The molecule has 0 atom stereocenters. The van der Waals surface area contributed by atoms with Crippen LogP contribution in [-0.4, -0.2) is 55.2 Å². The van der Waals surface area contributed by atoms with Gasteiger partial charge in [-0.15, -0.1) is 0 Å². The summed E-state index contributed by atoms with van der Waals surface area (Å²) in [6.45, 7) is 2.84. The molecule has 0 aliphatic rings. The third kappa shape index (κ3) is 6.93. The van der Waals surface area contributed by atoms with Gasteiger partial charge >= 0.3 is 12.4 Å². The Hall–Kier alpha value is -2.47. The Morgan fingerprint density at radius 2 is 1.53 bits per heavy atom. The van der Waals surface area contributed by atoms with Crippen LogP contribution in [0.1, 0.15) is 40.1 Å². The minimum absolute atomic E-state index is 0.149. The van der Waals surface area contributed by atoms with Gasteiger partial charge in [0.15, 0.2) is 0 Å². The predicted octanol–water partition coefficient (Wildman–Crippen LogP) is 4.55. The lowest BCUT2D eigenvalue weighted by atomic mass is 9.92. The number of rotatable bonds is 7. The molecule has 16 heteroatoms. The highest BCUT2D eigenvalue weighted by Crippen LogP contribution is 2.50. The van der Waals surface area contributed by atoms with Gasteiger partial charge in [0.05, 0.1) is 22.6 Å². The third-order valence-electron chi connectivity index (χ3n) is 5.02. The second kappa shape index (κ2) is 10.6. The van der Waals surface area contributed by atoms with Crippen molar-refractivity contribution in [3.05, 3.63) is 62.5 Å². The summed E-state index contributed by atoms with van der Waals surface area (Å²) in [6.07, 6.45) is -11.5. The van der Waals surface area contributed by atoms with E-state index in [-0.39, 0.29) is 26.8 Å². The summed E-state index contributed by atoms with van der Waals surface area (Å²) in [6, 6.07) is 4.26. The first-order valence-electron chi connectivity index (χ1n) is 10.3. The van der Waals surface area contributed by atoms with Gasteiger partial charge in [0.1, 0.15) is 15.7 Å². The zero-order valence-corrected chi connectivity index (χ0v) is 22.7. The fourth-order valence-corrected chi connectivity index (χ4v) is 5.65. The molecule has 2 rings (SSSR count). The average molecular weight is 684 g/mol. The molecule has 0 saturated carbocycles. The van der Waals surface area contributed by atoms with Crippen molar-refractivity contribution in [3.8, 4) is 0 Å². The molecule has 38 heavy (non-hydrogen) atoms. The molecule has 3 N–H and O–H groups in total. The molecule has 0 aromatic heterocycles. The minimum atomic E-state index is -6.24. The Kier molecular flexibility index (Phi) is 8.85. The second-order valence-electron chi connectivity index (χ2n) is 8.93. The fourth-order valence-electron chi connectivity index (χ4n) is 3.52. The maximum atomic E-state index is 14.6. The number of sulfone groups is 1. The SMILES string of the molecule is CC(C)(CS(C)(=O)=O)NC(=O)c1c(I)cccc1C(=O)Nc1ccc(C(O)(C(F)(F)F)C(F)(F)F)cc1F. The minimum Gasteiger partial charge on any atom is -0.369 e. The number of carbonyl (C=O) groups excluding carboxylic acids is 2. The highest BCUT2D eigenvalue weighted by atomic mass is 127. The van der Waals surface area contributed by atoms with E-state index in [0.717, 1.165) is 12.3 Å².